The van der Waals surface area contributed by atoms with E-state index in [1.807, 2.05) is 0 Å². The van der Waals surface area contributed by atoms with Crippen LogP contribution < -0.4 is 9.64 Å². The number of hydrogen-bond donors (Lipinski definition) is 0. The lowest BCUT2D eigenvalue weighted by Crippen LogP contribution is -2.42. The van der Waals surface area contributed by atoms with Gasteiger partial charge in [0, 0.05) is 29.2 Å². The highest BCUT2D eigenvalue weighted by Gasteiger charge is 2.39. The van der Waals surface area contributed by atoms with E-state index < -0.39 is 0 Å². The molecular formula is C25H31NO. The lowest BCUT2D eigenvalue weighted by Gasteiger charge is -2.43. The third-order valence-electron chi connectivity index (χ3n) is 7.04. The zero-order valence-electron chi connectivity index (χ0n) is 18.2. The molecule has 2 heteroatoms. The van der Waals surface area contributed by atoms with E-state index in [4.69, 9.17) is 4.74 Å². The smallest absolute Gasteiger partial charge is 0.136 e. The quantitative estimate of drug-likeness (QED) is 0.524. The average Bonchev–Trinajstić information content (AvgIpc) is 2.59. The fourth-order valence-corrected chi connectivity index (χ4v) is 4.58. The van der Waals surface area contributed by atoms with Crippen LogP contribution in [0.3, 0.4) is 0 Å². The Morgan fingerprint density at radius 2 is 1.41 bits per heavy atom. The number of rotatable bonds is 0. The molecule has 2 aliphatic rings. The van der Waals surface area contributed by atoms with E-state index in [0.717, 1.165) is 11.5 Å². The number of benzene rings is 2. The summed E-state index contributed by atoms with van der Waals surface area (Å²) in [6.07, 6.45) is 4.57. The Bertz CT molecular complexity index is 1010. The molecule has 0 spiro atoms. The Balaban J connectivity index is 2.02. The fraction of sp³-hybridized carbons (Fsp3) is 0.440. The molecule has 0 saturated heterocycles. The normalized spacial score (nSPS) is 18.5. The maximum absolute atomic E-state index is 6.64. The molecule has 4 rings (SSSR count). The maximum Gasteiger partial charge on any atom is 0.136 e. The van der Waals surface area contributed by atoms with Crippen LogP contribution in [0, 0.1) is 27.7 Å². The van der Waals surface area contributed by atoms with Crippen LogP contribution in [0.4, 0.5) is 5.69 Å². The van der Waals surface area contributed by atoms with Gasteiger partial charge in [0.1, 0.15) is 11.5 Å². The first-order valence-electron chi connectivity index (χ1n) is 9.87. The van der Waals surface area contributed by atoms with Crippen LogP contribution in [-0.2, 0) is 5.41 Å². The molecule has 0 amide bonds. The van der Waals surface area contributed by atoms with E-state index in [2.05, 4.69) is 91.6 Å². The molecule has 0 aromatic heterocycles. The van der Waals surface area contributed by atoms with E-state index in [9.17, 15) is 0 Å². The van der Waals surface area contributed by atoms with Gasteiger partial charge < -0.3 is 9.64 Å². The highest BCUT2D eigenvalue weighted by molar-refractivity contribution is 5.81. The van der Waals surface area contributed by atoms with Crippen molar-refractivity contribution >= 4 is 11.8 Å². The van der Waals surface area contributed by atoms with Crippen molar-refractivity contribution in [3.63, 3.8) is 0 Å². The molecule has 27 heavy (non-hydrogen) atoms. The van der Waals surface area contributed by atoms with Crippen LogP contribution in [0.2, 0.25) is 0 Å². The summed E-state index contributed by atoms with van der Waals surface area (Å²) >= 11 is 0. The highest BCUT2D eigenvalue weighted by atomic mass is 16.5. The Hall–Kier alpha value is -2.22. The minimum atomic E-state index is -0.0920. The minimum Gasteiger partial charge on any atom is -0.456 e. The van der Waals surface area contributed by atoms with E-state index >= 15 is 0 Å². The van der Waals surface area contributed by atoms with Gasteiger partial charge in [-0.15, -0.1) is 0 Å². The number of ether oxygens (including phenoxy) is 1. The Kier molecular flexibility index (Phi) is 3.64. The largest absolute Gasteiger partial charge is 0.456 e. The summed E-state index contributed by atoms with van der Waals surface area (Å²) in [5.41, 5.74) is 10.2. The SMILES string of the molecule is Cc1cc2c(c(C)c1C)Oc1c(cc3c(c1C)N(C)C(C)(C)C=C3)C2(C)C. The molecule has 0 saturated carbocycles. The van der Waals surface area contributed by atoms with Crippen molar-refractivity contribution in [3.05, 3.63) is 57.2 Å². The first-order valence-corrected chi connectivity index (χ1v) is 9.87. The second-order valence-electron chi connectivity index (χ2n) is 9.41. The number of nitrogens with zero attached hydrogens (tertiary/aromatic N) is 1. The van der Waals surface area contributed by atoms with E-state index in [-0.39, 0.29) is 11.0 Å². The van der Waals surface area contributed by atoms with Crippen molar-refractivity contribution in [3.8, 4) is 11.5 Å². The Morgan fingerprint density at radius 3 is 2.07 bits per heavy atom. The molecule has 2 aromatic rings. The van der Waals surface area contributed by atoms with Gasteiger partial charge in [-0.05, 0) is 69.9 Å². The van der Waals surface area contributed by atoms with Crippen molar-refractivity contribution in [1.82, 2.24) is 0 Å². The molecule has 2 aliphatic heterocycles. The maximum atomic E-state index is 6.64. The van der Waals surface area contributed by atoms with Gasteiger partial charge in [0.15, 0.2) is 0 Å². The van der Waals surface area contributed by atoms with Gasteiger partial charge in [-0.2, -0.15) is 0 Å². The lowest BCUT2D eigenvalue weighted by atomic mass is 9.72. The molecule has 0 bridgehead atoms. The Labute approximate surface area is 163 Å². The van der Waals surface area contributed by atoms with Gasteiger partial charge in [-0.25, -0.2) is 0 Å². The number of fused-ring (bicyclic) bond motifs is 3. The molecule has 0 N–H and O–H groups in total. The monoisotopic (exact) mass is 361 g/mol. The topological polar surface area (TPSA) is 12.5 Å². The predicted molar refractivity (Wildman–Crippen MR) is 116 cm³/mol. The summed E-state index contributed by atoms with van der Waals surface area (Å²) in [6.45, 7) is 17.9. The van der Waals surface area contributed by atoms with Crippen molar-refractivity contribution in [2.24, 2.45) is 0 Å². The van der Waals surface area contributed by atoms with Gasteiger partial charge in [0.2, 0.25) is 0 Å². The minimum absolute atomic E-state index is 0.00228. The van der Waals surface area contributed by atoms with Crippen molar-refractivity contribution in [2.45, 2.75) is 66.3 Å². The van der Waals surface area contributed by atoms with Gasteiger partial charge in [-0.1, -0.05) is 32.1 Å². The Morgan fingerprint density at radius 1 is 0.815 bits per heavy atom. The fourth-order valence-electron chi connectivity index (χ4n) is 4.58. The standard InChI is InChI=1S/C25H31NO/c1-14-12-19-22(16(3)15(14)2)27-23-17(4)21-18(13-20(23)25(19,7)8)10-11-24(5,6)26(21)9/h10-13H,1-9H3. The van der Waals surface area contributed by atoms with Gasteiger partial charge in [0.05, 0.1) is 11.2 Å². The summed E-state index contributed by atoms with van der Waals surface area (Å²) in [6, 6.07) is 4.66. The molecule has 2 aromatic carbocycles. The summed E-state index contributed by atoms with van der Waals surface area (Å²) < 4.78 is 6.64. The molecule has 0 unspecified atom stereocenters. The number of aryl methyl sites for hydroxylation is 1. The van der Waals surface area contributed by atoms with Crippen molar-refractivity contribution in [2.75, 3.05) is 11.9 Å². The molecular weight excluding hydrogens is 330 g/mol. The van der Waals surface area contributed by atoms with Gasteiger partial charge >= 0.3 is 0 Å². The van der Waals surface area contributed by atoms with Crippen LogP contribution in [-0.4, -0.2) is 12.6 Å². The second kappa shape index (κ2) is 5.41. The predicted octanol–water partition coefficient (Wildman–Crippen LogP) is 6.59. The third-order valence-corrected chi connectivity index (χ3v) is 7.04. The summed E-state index contributed by atoms with van der Waals surface area (Å²) in [7, 11) is 2.18. The molecule has 2 nitrogen and oxygen atoms in total. The van der Waals surface area contributed by atoms with E-state index in [0.29, 0.717) is 0 Å². The summed E-state index contributed by atoms with van der Waals surface area (Å²) in [4.78, 5) is 2.37. The van der Waals surface area contributed by atoms with Crippen molar-refractivity contribution < 1.29 is 4.74 Å². The van der Waals surface area contributed by atoms with Crippen LogP contribution in [0.1, 0.15) is 66.6 Å². The van der Waals surface area contributed by atoms with E-state index in [1.165, 1.54) is 44.6 Å². The average molecular weight is 362 g/mol. The highest BCUT2D eigenvalue weighted by Crippen LogP contribution is 2.54. The van der Waals surface area contributed by atoms with Gasteiger partial charge in [0.25, 0.3) is 0 Å². The molecule has 0 fully saturated rings. The zero-order chi connectivity index (χ0) is 19.9. The lowest BCUT2D eigenvalue weighted by molar-refractivity contribution is 0.410. The third kappa shape index (κ3) is 2.32. The first kappa shape index (κ1) is 18.2. The van der Waals surface area contributed by atoms with Crippen LogP contribution in [0.5, 0.6) is 11.5 Å². The molecule has 0 aliphatic carbocycles. The van der Waals surface area contributed by atoms with Crippen molar-refractivity contribution in [1.29, 1.82) is 0 Å². The molecule has 2 heterocycles. The van der Waals surface area contributed by atoms with E-state index in [1.54, 1.807) is 0 Å². The van der Waals surface area contributed by atoms with Crippen LogP contribution >= 0.6 is 0 Å². The summed E-state index contributed by atoms with van der Waals surface area (Å²) in [5.74, 6) is 2.09. The molecule has 0 radical (unpaired) electrons. The second-order valence-corrected chi connectivity index (χ2v) is 9.41. The molecule has 0 atom stereocenters. The molecule has 142 valence electrons. The first-order chi connectivity index (χ1) is 12.5. The summed E-state index contributed by atoms with van der Waals surface area (Å²) in [5, 5.41) is 0. The zero-order valence-corrected chi connectivity index (χ0v) is 18.2. The van der Waals surface area contributed by atoms with Crippen LogP contribution in [0.25, 0.3) is 6.08 Å². The number of anilines is 1. The number of hydrogen-bond acceptors (Lipinski definition) is 2. The van der Waals surface area contributed by atoms with Crippen LogP contribution in [0.15, 0.2) is 18.2 Å². The number of likely N-dealkylation sites (N-methyl/N-ethyl adjacent to an activating group) is 1. The van der Waals surface area contributed by atoms with Gasteiger partial charge in [-0.3, -0.25) is 0 Å².